The molecule has 1 aromatic heterocycles. The van der Waals surface area contributed by atoms with Gasteiger partial charge in [-0.3, -0.25) is 4.79 Å². The number of nitrogens with zero attached hydrogens (tertiary/aromatic N) is 2. The van der Waals surface area contributed by atoms with Crippen LogP contribution in [0, 0.1) is 6.92 Å². The minimum absolute atomic E-state index is 0.0209. The first-order chi connectivity index (χ1) is 12.0. The Morgan fingerprint density at radius 3 is 2.68 bits per heavy atom. The van der Waals surface area contributed by atoms with Crippen molar-refractivity contribution in [1.82, 2.24) is 9.47 Å². The van der Waals surface area contributed by atoms with Crippen molar-refractivity contribution in [2.45, 2.75) is 18.8 Å². The monoisotopic (exact) mass is 341 g/mol. The number of nitrogens with one attached hydrogen (secondary N) is 1. The SMILES string of the molecule is Cc1ccn(C)c(=O)c1NC(=O)N1CCC(CO)(c2ccccc2)C1. The van der Waals surface area contributed by atoms with Crippen LogP contribution >= 0.6 is 0 Å². The van der Waals surface area contributed by atoms with E-state index in [0.717, 1.165) is 11.1 Å². The molecular formula is C19H23N3O3. The predicted molar refractivity (Wildman–Crippen MR) is 96.8 cm³/mol. The highest BCUT2D eigenvalue weighted by Crippen LogP contribution is 2.34. The lowest BCUT2D eigenvalue weighted by Gasteiger charge is -2.27. The average Bonchev–Trinajstić information content (AvgIpc) is 3.09. The molecule has 1 aromatic carbocycles. The van der Waals surface area contributed by atoms with Gasteiger partial charge in [0.2, 0.25) is 0 Å². The molecule has 0 saturated carbocycles. The summed E-state index contributed by atoms with van der Waals surface area (Å²) in [6.07, 6.45) is 2.36. The van der Waals surface area contributed by atoms with Gasteiger partial charge in [-0.25, -0.2) is 4.79 Å². The Bertz CT molecular complexity index is 832. The molecule has 1 fully saturated rings. The van der Waals surface area contributed by atoms with Crippen molar-refractivity contribution in [1.29, 1.82) is 0 Å². The molecule has 1 aliphatic heterocycles. The molecule has 2 N–H and O–H groups in total. The molecule has 1 unspecified atom stereocenters. The van der Waals surface area contributed by atoms with Gasteiger partial charge in [-0.2, -0.15) is 0 Å². The fourth-order valence-electron chi connectivity index (χ4n) is 3.35. The predicted octanol–water partition coefficient (Wildman–Crippen LogP) is 1.86. The van der Waals surface area contributed by atoms with E-state index in [2.05, 4.69) is 5.32 Å². The quantitative estimate of drug-likeness (QED) is 0.895. The molecule has 0 radical (unpaired) electrons. The van der Waals surface area contributed by atoms with E-state index in [1.807, 2.05) is 30.3 Å². The number of aliphatic hydroxyl groups excluding tert-OH is 1. The van der Waals surface area contributed by atoms with Crippen molar-refractivity contribution in [2.24, 2.45) is 7.05 Å². The van der Waals surface area contributed by atoms with Crippen LogP contribution in [0.15, 0.2) is 47.4 Å². The zero-order valence-electron chi connectivity index (χ0n) is 14.5. The first-order valence-electron chi connectivity index (χ1n) is 8.35. The van der Waals surface area contributed by atoms with Gasteiger partial charge in [-0.05, 0) is 30.5 Å². The number of rotatable bonds is 3. The second kappa shape index (κ2) is 6.72. The van der Waals surface area contributed by atoms with Crippen molar-refractivity contribution in [3.05, 3.63) is 64.1 Å². The Balaban J connectivity index is 1.79. The van der Waals surface area contributed by atoms with Gasteiger partial charge >= 0.3 is 6.03 Å². The van der Waals surface area contributed by atoms with Crippen LogP contribution in [0.2, 0.25) is 0 Å². The maximum atomic E-state index is 12.7. The summed E-state index contributed by atoms with van der Waals surface area (Å²) in [4.78, 5) is 26.5. The van der Waals surface area contributed by atoms with E-state index in [-0.39, 0.29) is 18.2 Å². The van der Waals surface area contributed by atoms with Crippen molar-refractivity contribution >= 4 is 11.7 Å². The topological polar surface area (TPSA) is 74.6 Å². The Hall–Kier alpha value is -2.60. The number of carbonyl (C=O) groups excluding carboxylic acids is 1. The van der Waals surface area contributed by atoms with E-state index in [1.165, 1.54) is 4.57 Å². The van der Waals surface area contributed by atoms with Gasteiger partial charge in [0.25, 0.3) is 5.56 Å². The first-order valence-corrected chi connectivity index (χ1v) is 8.35. The van der Waals surface area contributed by atoms with Crippen molar-refractivity contribution in [2.75, 3.05) is 25.0 Å². The molecule has 6 heteroatoms. The second-order valence-electron chi connectivity index (χ2n) is 6.70. The van der Waals surface area contributed by atoms with Gasteiger partial charge in [0.05, 0.1) is 6.61 Å². The highest BCUT2D eigenvalue weighted by atomic mass is 16.3. The lowest BCUT2D eigenvalue weighted by Crippen LogP contribution is -2.40. The Morgan fingerprint density at radius 2 is 2.00 bits per heavy atom. The minimum Gasteiger partial charge on any atom is -0.395 e. The lowest BCUT2D eigenvalue weighted by atomic mass is 9.80. The summed E-state index contributed by atoms with van der Waals surface area (Å²) >= 11 is 0. The molecule has 0 spiro atoms. The summed E-state index contributed by atoms with van der Waals surface area (Å²) in [7, 11) is 1.65. The third kappa shape index (κ3) is 3.17. The summed E-state index contributed by atoms with van der Waals surface area (Å²) in [6, 6.07) is 11.3. The normalized spacial score (nSPS) is 19.9. The van der Waals surface area contributed by atoms with E-state index < -0.39 is 5.41 Å². The number of anilines is 1. The first kappa shape index (κ1) is 17.2. The number of likely N-dealkylation sites (tertiary alicyclic amines) is 1. The molecular weight excluding hydrogens is 318 g/mol. The fraction of sp³-hybridized carbons (Fsp3) is 0.368. The van der Waals surface area contributed by atoms with E-state index in [0.29, 0.717) is 25.2 Å². The molecule has 1 saturated heterocycles. The van der Waals surface area contributed by atoms with Gasteiger partial charge in [0.1, 0.15) is 5.69 Å². The van der Waals surface area contributed by atoms with Gasteiger partial charge in [-0.15, -0.1) is 0 Å². The van der Waals surface area contributed by atoms with Crippen molar-refractivity contribution < 1.29 is 9.90 Å². The smallest absolute Gasteiger partial charge is 0.322 e. The number of aromatic nitrogens is 1. The molecule has 132 valence electrons. The Labute approximate surface area is 146 Å². The van der Waals surface area contributed by atoms with Crippen LogP contribution in [-0.4, -0.2) is 40.3 Å². The highest BCUT2D eigenvalue weighted by molar-refractivity contribution is 5.90. The zero-order valence-corrected chi connectivity index (χ0v) is 14.5. The van der Waals surface area contributed by atoms with Crippen LogP contribution in [0.25, 0.3) is 0 Å². The average molecular weight is 341 g/mol. The summed E-state index contributed by atoms with van der Waals surface area (Å²) < 4.78 is 1.44. The molecule has 1 aliphatic rings. The number of aliphatic hydroxyl groups is 1. The summed E-state index contributed by atoms with van der Waals surface area (Å²) in [5.74, 6) is 0. The van der Waals surface area contributed by atoms with E-state index in [1.54, 1.807) is 31.1 Å². The van der Waals surface area contributed by atoms with E-state index >= 15 is 0 Å². The number of pyridine rings is 1. The van der Waals surface area contributed by atoms with E-state index in [9.17, 15) is 14.7 Å². The third-order valence-corrected chi connectivity index (χ3v) is 5.04. The molecule has 6 nitrogen and oxygen atoms in total. The molecule has 2 heterocycles. The van der Waals surface area contributed by atoms with Crippen LogP contribution in [0.3, 0.4) is 0 Å². The van der Waals surface area contributed by atoms with Gasteiger partial charge in [-0.1, -0.05) is 30.3 Å². The molecule has 0 bridgehead atoms. The van der Waals surface area contributed by atoms with Crippen molar-refractivity contribution in [3.8, 4) is 0 Å². The maximum Gasteiger partial charge on any atom is 0.322 e. The molecule has 2 amide bonds. The number of aryl methyl sites for hydroxylation is 2. The summed E-state index contributed by atoms with van der Waals surface area (Å²) in [5, 5.41) is 12.7. The van der Waals surface area contributed by atoms with Gasteiger partial charge in [0, 0.05) is 31.7 Å². The van der Waals surface area contributed by atoms with Crippen LogP contribution in [0.5, 0.6) is 0 Å². The standard InChI is InChI=1S/C19H23N3O3/c1-14-8-10-21(2)17(24)16(14)20-18(25)22-11-9-19(12-22,13-23)15-6-4-3-5-7-15/h3-8,10,23H,9,11-13H2,1-2H3,(H,20,25). The molecule has 25 heavy (non-hydrogen) atoms. The third-order valence-electron chi connectivity index (χ3n) is 5.04. The van der Waals surface area contributed by atoms with Crippen LogP contribution < -0.4 is 10.9 Å². The van der Waals surface area contributed by atoms with Gasteiger partial charge < -0.3 is 19.9 Å². The minimum atomic E-state index is -0.449. The highest BCUT2D eigenvalue weighted by Gasteiger charge is 2.41. The summed E-state index contributed by atoms with van der Waals surface area (Å²) in [5.41, 5.74) is 1.38. The lowest BCUT2D eigenvalue weighted by molar-refractivity contribution is 0.188. The van der Waals surface area contributed by atoms with Crippen LogP contribution in [0.4, 0.5) is 10.5 Å². The van der Waals surface area contributed by atoms with Crippen LogP contribution in [-0.2, 0) is 12.5 Å². The number of hydrogen-bond donors (Lipinski definition) is 2. The second-order valence-corrected chi connectivity index (χ2v) is 6.70. The van der Waals surface area contributed by atoms with Gasteiger partial charge in [0.15, 0.2) is 0 Å². The van der Waals surface area contributed by atoms with Crippen LogP contribution in [0.1, 0.15) is 17.5 Å². The molecule has 3 rings (SSSR count). The number of amides is 2. The van der Waals surface area contributed by atoms with Crippen molar-refractivity contribution in [3.63, 3.8) is 0 Å². The molecule has 2 aromatic rings. The number of carbonyl (C=O) groups is 1. The number of urea groups is 1. The Morgan fingerprint density at radius 1 is 1.28 bits per heavy atom. The molecule has 0 aliphatic carbocycles. The maximum absolute atomic E-state index is 12.7. The summed E-state index contributed by atoms with van der Waals surface area (Å²) in [6.45, 7) is 2.73. The van der Waals surface area contributed by atoms with E-state index in [4.69, 9.17) is 0 Å². The largest absolute Gasteiger partial charge is 0.395 e. The Kier molecular flexibility index (Phi) is 4.63. The fourth-order valence-corrected chi connectivity index (χ4v) is 3.35. The molecule has 1 atom stereocenters. The number of hydrogen-bond acceptors (Lipinski definition) is 3. The number of benzene rings is 1. The zero-order chi connectivity index (χ0) is 18.0.